The molecule has 1 aromatic rings. The molecule has 0 heterocycles. The van der Waals surface area contributed by atoms with Crippen LogP contribution >= 0.6 is 0 Å². The molecule has 1 aromatic carbocycles. The number of carbonyl (C=O) groups is 1. The van der Waals surface area contributed by atoms with Crippen LogP contribution in [0.2, 0.25) is 0 Å². The van der Waals surface area contributed by atoms with Crippen LogP contribution in [0.4, 0.5) is 17.6 Å². The van der Waals surface area contributed by atoms with Crippen molar-refractivity contribution in [1.29, 1.82) is 0 Å². The molecule has 3 nitrogen and oxygen atoms in total. The van der Waals surface area contributed by atoms with Crippen molar-refractivity contribution in [2.24, 2.45) is 5.73 Å². The molecule has 0 saturated heterocycles. The predicted molar refractivity (Wildman–Crippen MR) is 56.2 cm³/mol. The van der Waals surface area contributed by atoms with E-state index in [-0.39, 0.29) is 5.56 Å². The highest BCUT2D eigenvalue weighted by Gasteiger charge is 2.44. The minimum Gasteiger partial charge on any atom is -0.428 e. The molecule has 0 aromatic heterocycles. The number of hydrogen-bond acceptors (Lipinski definition) is 2. The first-order valence-corrected chi connectivity index (χ1v) is 4.74. The maximum Gasteiger partial charge on any atom is 0.461 e. The molecule has 2 N–H and O–H groups in total. The summed E-state index contributed by atoms with van der Waals surface area (Å²) >= 11 is 0. The number of halogens is 4. The molecule has 0 atom stereocenters. The van der Waals surface area contributed by atoms with Gasteiger partial charge in [0.25, 0.3) is 0 Å². The van der Waals surface area contributed by atoms with Crippen molar-refractivity contribution < 1.29 is 27.1 Å². The number of carbonyl (C=O) groups excluding carboxylic acids is 1. The quantitative estimate of drug-likeness (QED) is 0.655. The largest absolute Gasteiger partial charge is 0.461 e. The van der Waals surface area contributed by atoms with Gasteiger partial charge in [-0.25, -0.2) is 0 Å². The molecule has 0 bridgehead atoms. The zero-order valence-corrected chi connectivity index (χ0v) is 8.95. The molecule has 0 saturated carbocycles. The fourth-order valence-corrected chi connectivity index (χ4v) is 1.07. The van der Waals surface area contributed by atoms with Gasteiger partial charge in [-0.05, 0) is 12.1 Å². The summed E-state index contributed by atoms with van der Waals surface area (Å²) in [4.78, 5) is 10.5. The fraction of sp³-hybridized carbons (Fsp3) is 0.182. The van der Waals surface area contributed by atoms with Crippen molar-refractivity contribution in [2.45, 2.75) is 12.5 Å². The van der Waals surface area contributed by atoms with Crippen molar-refractivity contribution in [3.05, 3.63) is 35.9 Å². The molecule has 0 fully saturated rings. The summed E-state index contributed by atoms with van der Waals surface area (Å²) < 4.78 is 53.3. The maximum atomic E-state index is 12.7. The molecule has 1 amide bonds. The van der Waals surface area contributed by atoms with E-state index in [1.807, 2.05) is 0 Å². The molecule has 98 valence electrons. The van der Waals surface area contributed by atoms with Gasteiger partial charge in [-0.2, -0.15) is 17.6 Å². The van der Waals surface area contributed by atoms with E-state index < -0.39 is 24.2 Å². The number of primary amides is 1. The topological polar surface area (TPSA) is 52.3 Å². The van der Waals surface area contributed by atoms with Crippen molar-refractivity contribution in [2.75, 3.05) is 0 Å². The predicted octanol–water partition coefficient (Wildman–Crippen LogP) is 2.42. The van der Waals surface area contributed by atoms with Gasteiger partial charge in [0.2, 0.25) is 5.91 Å². The first kappa shape index (κ1) is 14.0. The van der Waals surface area contributed by atoms with E-state index in [1.54, 1.807) is 0 Å². The monoisotopic (exact) mass is 263 g/mol. The smallest absolute Gasteiger partial charge is 0.428 e. The van der Waals surface area contributed by atoms with Crippen LogP contribution in [0.25, 0.3) is 6.08 Å². The first-order valence-electron chi connectivity index (χ1n) is 4.74. The van der Waals surface area contributed by atoms with Gasteiger partial charge in [-0.15, -0.1) is 0 Å². The highest BCUT2D eigenvalue weighted by Crippen LogP contribution is 2.30. The van der Waals surface area contributed by atoms with Gasteiger partial charge in [0.1, 0.15) is 5.75 Å². The Morgan fingerprint density at radius 1 is 1.33 bits per heavy atom. The van der Waals surface area contributed by atoms with Gasteiger partial charge in [0.05, 0.1) is 0 Å². The van der Waals surface area contributed by atoms with Crippen LogP contribution in [0.1, 0.15) is 5.56 Å². The Balaban J connectivity index is 2.99. The molecule has 18 heavy (non-hydrogen) atoms. The van der Waals surface area contributed by atoms with E-state index in [1.165, 1.54) is 18.2 Å². The van der Waals surface area contributed by atoms with E-state index in [0.29, 0.717) is 0 Å². The summed E-state index contributed by atoms with van der Waals surface area (Å²) in [5.41, 5.74) is 4.87. The lowest BCUT2D eigenvalue weighted by Crippen LogP contribution is -2.33. The number of alkyl halides is 4. The summed E-state index contributed by atoms with van der Waals surface area (Å²) in [7, 11) is 0. The minimum absolute atomic E-state index is 0.0385. The number of nitrogens with two attached hydrogens (primary N) is 1. The second-order valence-corrected chi connectivity index (χ2v) is 3.24. The Kier molecular flexibility index (Phi) is 4.30. The van der Waals surface area contributed by atoms with Gasteiger partial charge in [-0.1, -0.05) is 18.2 Å². The Bertz CT molecular complexity index is 460. The third-order valence-corrected chi connectivity index (χ3v) is 1.85. The summed E-state index contributed by atoms with van der Waals surface area (Å²) in [6.07, 6.45) is -6.55. The lowest BCUT2D eigenvalue weighted by molar-refractivity contribution is -0.253. The summed E-state index contributed by atoms with van der Waals surface area (Å²) in [6, 6.07) is 5.19. The van der Waals surface area contributed by atoms with Crippen molar-refractivity contribution >= 4 is 12.0 Å². The molecule has 0 unspecified atom stereocenters. The number of hydrogen-bond donors (Lipinski definition) is 1. The maximum absolute atomic E-state index is 12.7. The lowest BCUT2D eigenvalue weighted by Gasteiger charge is -2.18. The summed E-state index contributed by atoms with van der Waals surface area (Å²) in [6.45, 7) is 0. The fourth-order valence-electron chi connectivity index (χ4n) is 1.07. The van der Waals surface area contributed by atoms with Crippen LogP contribution < -0.4 is 10.5 Å². The summed E-state index contributed by atoms with van der Waals surface area (Å²) in [5.74, 6) is -1.27. The Morgan fingerprint density at radius 2 is 1.94 bits per heavy atom. The number of benzene rings is 1. The zero-order chi connectivity index (χ0) is 13.8. The van der Waals surface area contributed by atoms with Crippen LogP contribution in [-0.2, 0) is 4.79 Å². The van der Waals surface area contributed by atoms with Gasteiger partial charge in [0.15, 0.2) is 0 Å². The molecule has 0 aliphatic heterocycles. The van der Waals surface area contributed by atoms with Crippen LogP contribution in [-0.4, -0.2) is 18.4 Å². The second-order valence-electron chi connectivity index (χ2n) is 3.24. The highest BCUT2D eigenvalue weighted by atomic mass is 19.3. The number of ether oxygens (including phenoxy) is 1. The highest BCUT2D eigenvalue weighted by molar-refractivity contribution is 5.90. The van der Waals surface area contributed by atoms with Gasteiger partial charge in [0, 0.05) is 11.6 Å². The normalized spacial score (nSPS) is 12.1. The molecule has 0 aliphatic carbocycles. The average molecular weight is 263 g/mol. The Hall–Kier alpha value is -2.05. The molecular formula is C11H9F4NO2. The van der Waals surface area contributed by atoms with E-state index in [2.05, 4.69) is 4.74 Å². The summed E-state index contributed by atoms with van der Waals surface area (Å²) in [5, 5.41) is 0. The van der Waals surface area contributed by atoms with Crippen molar-refractivity contribution in [3.63, 3.8) is 0 Å². The van der Waals surface area contributed by atoms with Gasteiger partial charge >= 0.3 is 12.5 Å². The van der Waals surface area contributed by atoms with Crippen molar-refractivity contribution in [3.8, 4) is 5.75 Å². The Labute approximate surface area is 99.8 Å². The second kappa shape index (κ2) is 5.52. The number of amides is 1. The third kappa shape index (κ3) is 3.76. The molecule has 0 aliphatic rings. The molecule has 1 rings (SSSR count). The lowest BCUT2D eigenvalue weighted by atomic mass is 10.2. The first-order chi connectivity index (χ1) is 8.33. The third-order valence-electron chi connectivity index (χ3n) is 1.85. The van der Waals surface area contributed by atoms with Crippen LogP contribution in [0.3, 0.4) is 0 Å². The van der Waals surface area contributed by atoms with Gasteiger partial charge < -0.3 is 10.5 Å². The number of rotatable bonds is 5. The zero-order valence-electron chi connectivity index (χ0n) is 8.95. The van der Waals surface area contributed by atoms with E-state index >= 15 is 0 Å². The van der Waals surface area contributed by atoms with E-state index in [9.17, 15) is 22.4 Å². The van der Waals surface area contributed by atoms with Crippen LogP contribution in [0, 0.1) is 0 Å². The number of para-hydroxylation sites is 1. The van der Waals surface area contributed by atoms with Gasteiger partial charge in [-0.3, -0.25) is 4.79 Å². The minimum atomic E-state index is -4.60. The molecule has 0 radical (unpaired) electrons. The molecular weight excluding hydrogens is 254 g/mol. The standard InChI is InChI=1S/C11H9F4NO2/c12-10(13)11(14,15)18-8-4-2-1-3-7(8)5-6-9(16)17/h1-6,10H,(H2,16,17)/b6-5+. The van der Waals surface area contributed by atoms with Crippen LogP contribution in [0.5, 0.6) is 5.75 Å². The SMILES string of the molecule is NC(=O)/C=C/c1ccccc1OC(F)(F)C(F)F. The van der Waals surface area contributed by atoms with E-state index in [4.69, 9.17) is 5.73 Å². The molecule has 0 spiro atoms. The van der Waals surface area contributed by atoms with Crippen LogP contribution in [0.15, 0.2) is 30.3 Å². The molecule has 7 heteroatoms. The van der Waals surface area contributed by atoms with Crippen molar-refractivity contribution in [1.82, 2.24) is 0 Å². The average Bonchev–Trinajstić information content (AvgIpc) is 2.27. The van der Waals surface area contributed by atoms with E-state index in [0.717, 1.165) is 18.2 Å². The Morgan fingerprint density at radius 3 is 2.50 bits per heavy atom.